The Morgan fingerprint density at radius 2 is 2.09 bits per heavy atom. The Morgan fingerprint density at radius 3 is 2.74 bits per heavy atom. The Kier molecular flexibility index (Phi) is 5.59. The standard InChI is InChI=1S/C16H18FN5S/c1-4-9-18-16(23)20-19-10-15-11(2)21-22(12(15)3)14-7-5-13(17)6-8-14/h4-8,10H,1,9H2,2-3H3,(H2,18,20,23)/b19-10-. The zero-order valence-corrected chi connectivity index (χ0v) is 13.8. The predicted molar refractivity (Wildman–Crippen MR) is 94.5 cm³/mol. The SMILES string of the molecule is C=CCNC(=S)N/N=C\c1c(C)nn(-c2ccc(F)cc2)c1C. The number of thiocarbonyl (C=S) groups is 1. The normalized spacial score (nSPS) is 10.7. The molecule has 2 N–H and O–H groups in total. The van der Waals surface area contributed by atoms with Gasteiger partial charge in [-0.25, -0.2) is 9.07 Å². The highest BCUT2D eigenvalue weighted by Gasteiger charge is 2.11. The van der Waals surface area contributed by atoms with E-state index in [1.807, 2.05) is 13.8 Å². The summed E-state index contributed by atoms with van der Waals surface area (Å²) in [4.78, 5) is 0. The number of hydrogen-bond donors (Lipinski definition) is 2. The molecule has 1 aromatic heterocycles. The molecule has 1 aromatic carbocycles. The quantitative estimate of drug-likeness (QED) is 0.383. The molecule has 0 saturated carbocycles. The van der Waals surface area contributed by atoms with E-state index >= 15 is 0 Å². The van der Waals surface area contributed by atoms with Crippen LogP contribution in [0.15, 0.2) is 42.0 Å². The van der Waals surface area contributed by atoms with Crippen LogP contribution in [-0.4, -0.2) is 27.7 Å². The first-order valence-electron chi connectivity index (χ1n) is 7.03. The molecule has 5 nitrogen and oxygen atoms in total. The number of aryl methyl sites for hydroxylation is 1. The number of halogens is 1. The zero-order chi connectivity index (χ0) is 16.8. The third kappa shape index (κ3) is 4.23. The first-order chi connectivity index (χ1) is 11.0. The number of nitrogens with one attached hydrogen (secondary N) is 2. The Labute approximate surface area is 139 Å². The summed E-state index contributed by atoms with van der Waals surface area (Å²) in [5.41, 5.74) is 6.14. The van der Waals surface area contributed by atoms with Crippen LogP contribution in [0, 0.1) is 19.7 Å². The zero-order valence-electron chi connectivity index (χ0n) is 13.0. The van der Waals surface area contributed by atoms with E-state index in [9.17, 15) is 4.39 Å². The van der Waals surface area contributed by atoms with E-state index in [2.05, 4.69) is 27.5 Å². The molecule has 0 atom stereocenters. The highest BCUT2D eigenvalue weighted by atomic mass is 32.1. The van der Waals surface area contributed by atoms with E-state index in [0.717, 1.165) is 22.6 Å². The fourth-order valence-corrected chi connectivity index (χ4v) is 2.17. The molecule has 0 amide bonds. The van der Waals surface area contributed by atoms with Gasteiger partial charge in [-0.15, -0.1) is 6.58 Å². The van der Waals surface area contributed by atoms with Crippen LogP contribution in [0.5, 0.6) is 0 Å². The fourth-order valence-electron chi connectivity index (χ4n) is 2.04. The van der Waals surface area contributed by atoms with Gasteiger partial charge in [-0.3, -0.25) is 5.43 Å². The maximum Gasteiger partial charge on any atom is 0.187 e. The third-order valence-electron chi connectivity index (χ3n) is 3.19. The van der Waals surface area contributed by atoms with E-state index in [1.54, 1.807) is 29.1 Å². The molecule has 0 radical (unpaired) electrons. The van der Waals surface area contributed by atoms with Crippen LogP contribution >= 0.6 is 12.2 Å². The smallest absolute Gasteiger partial charge is 0.187 e. The minimum absolute atomic E-state index is 0.276. The number of hydrogen-bond acceptors (Lipinski definition) is 3. The van der Waals surface area contributed by atoms with Crippen molar-refractivity contribution in [1.82, 2.24) is 20.5 Å². The first kappa shape index (κ1) is 16.8. The van der Waals surface area contributed by atoms with Gasteiger partial charge < -0.3 is 5.32 Å². The molecule has 23 heavy (non-hydrogen) atoms. The second-order valence-corrected chi connectivity index (χ2v) is 5.25. The third-order valence-corrected chi connectivity index (χ3v) is 3.42. The minimum atomic E-state index is -0.276. The van der Waals surface area contributed by atoms with E-state index < -0.39 is 0 Å². The van der Waals surface area contributed by atoms with Crippen molar-refractivity contribution in [3.05, 3.63) is 59.7 Å². The summed E-state index contributed by atoms with van der Waals surface area (Å²) >= 11 is 5.05. The second-order valence-electron chi connectivity index (χ2n) is 4.84. The van der Waals surface area contributed by atoms with Gasteiger partial charge in [-0.2, -0.15) is 10.2 Å². The summed E-state index contributed by atoms with van der Waals surface area (Å²) in [6.07, 6.45) is 3.37. The number of nitrogens with zero attached hydrogens (tertiary/aromatic N) is 3. The molecule has 1 heterocycles. The van der Waals surface area contributed by atoms with Crippen LogP contribution in [-0.2, 0) is 0 Å². The summed E-state index contributed by atoms with van der Waals surface area (Å²) in [6, 6.07) is 6.18. The number of rotatable bonds is 5. The molecular formula is C16H18FN5S. The molecule has 0 aliphatic heterocycles. The molecule has 0 unspecified atom stereocenters. The summed E-state index contributed by atoms with van der Waals surface area (Å²) in [6.45, 7) is 7.99. The number of aromatic nitrogens is 2. The molecule has 120 valence electrons. The van der Waals surface area contributed by atoms with Crippen molar-refractivity contribution in [2.75, 3.05) is 6.54 Å². The fraction of sp³-hybridized carbons (Fsp3) is 0.188. The van der Waals surface area contributed by atoms with Crippen LogP contribution in [0.3, 0.4) is 0 Å². The molecule has 0 fully saturated rings. The number of benzene rings is 1. The molecule has 2 aromatic rings. The van der Waals surface area contributed by atoms with Gasteiger partial charge in [-0.05, 0) is 50.3 Å². The topological polar surface area (TPSA) is 54.2 Å². The lowest BCUT2D eigenvalue weighted by Gasteiger charge is -2.04. The largest absolute Gasteiger partial charge is 0.358 e. The van der Waals surface area contributed by atoms with Crippen molar-refractivity contribution < 1.29 is 4.39 Å². The predicted octanol–water partition coefficient (Wildman–Crippen LogP) is 2.61. The molecule has 7 heteroatoms. The van der Waals surface area contributed by atoms with E-state index in [4.69, 9.17) is 12.2 Å². The van der Waals surface area contributed by atoms with Gasteiger partial charge in [0, 0.05) is 12.1 Å². The molecule has 0 bridgehead atoms. The maximum atomic E-state index is 13.0. The van der Waals surface area contributed by atoms with Crippen LogP contribution in [0.2, 0.25) is 0 Å². The van der Waals surface area contributed by atoms with Crippen molar-refractivity contribution in [3.8, 4) is 5.69 Å². The van der Waals surface area contributed by atoms with Crippen molar-refractivity contribution in [3.63, 3.8) is 0 Å². The van der Waals surface area contributed by atoms with Crippen LogP contribution in [0.4, 0.5) is 4.39 Å². The van der Waals surface area contributed by atoms with Gasteiger partial charge in [0.25, 0.3) is 0 Å². The Bertz CT molecular complexity index is 734. The highest BCUT2D eigenvalue weighted by molar-refractivity contribution is 7.80. The van der Waals surface area contributed by atoms with Gasteiger partial charge >= 0.3 is 0 Å². The monoisotopic (exact) mass is 331 g/mol. The molecule has 0 aliphatic carbocycles. The van der Waals surface area contributed by atoms with Crippen LogP contribution in [0.25, 0.3) is 5.69 Å². The van der Waals surface area contributed by atoms with E-state index in [-0.39, 0.29) is 5.82 Å². The van der Waals surface area contributed by atoms with Gasteiger partial charge in [-0.1, -0.05) is 6.08 Å². The van der Waals surface area contributed by atoms with Crippen molar-refractivity contribution in [2.45, 2.75) is 13.8 Å². The summed E-state index contributed by atoms with van der Waals surface area (Å²) in [7, 11) is 0. The molecule has 0 saturated heterocycles. The summed E-state index contributed by atoms with van der Waals surface area (Å²) in [5, 5.41) is 11.9. The Morgan fingerprint density at radius 1 is 1.39 bits per heavy atom. The van der Waals surface area contributed by atoms with Gasteiger partial charge in [0.05, 0.1) is 23.3 Å². The second kappa shape index (κ2) is 7.64. The van der Waals surface area contributed by atoms with Crippen molar-refractivity contribution in [2.24, 2.45) is 5.10 Å². The molecule has 0 aliphatic rings. The summed E-state index contributed by atoms with van der Waals surface area (Å²) < 4.78 is 14.8. The van der Waals surface area contributed by atoms with E-state index in [1.165, 1.54) is 12.1 Å². The van der Waals surface area contributed by atoms with Gasteiger partial charge in [0.15, 0.2) is 5.11 Å². The lowest BCUT2D eigenvalue weighted by Crippen LogP contribution is -2.31. The first-order valence-corrected chi connectivity index (χ1v) is 7.43. The minimum Gasteiger partial charge on any atom is -0.358 e. The molecule has 0 spiro atoms. The average molecular weight is 331 g/mol. The van der Waals surface area contributed by atoms with E-state index in [0.29, 0.717) is 11.7 Å². The number of hydrazone groups is 1. The maximum absolute atomic E-state index is 13.0. The lowest BCUT2D eigenvalue weighted by atomic mass is 10.2. The Hall–Kier alpha value is -2.54. The molecular weight excluding hydrogens is 313 g/mol. The van der Waals surface area contributed by atoms with Crippen LogP contribution in [0.1, 0.15) is 17.0 Å². The lowest BCUT2D eigenvalue weighted by molar-refractivity contribution is 0.627. The van der Waals surface area contributed by atoms with Crippen molar-refractivity contribution >= 4 is 23.5 Å². The van der Waals surface area contributed by atoms with Gasteiger partial charge in [0.1, 0.15) is 5.82 Å². The molecule has 2 rings (SSSR count). The van der Waals surface area contributed by atoms with Gasteiger partial charge in [0.2, 0.25) is 0 Å². The summed E-state index contributed by atoms with van der Waals surface area (Å²) in [5.74, 6) is -0.276. The van der Waals surface area contributed by atoms with Crippen LogP contribution < -0.4 is 10.7 Å². The van der Waals surface area contributed by atoms with Crippen molar-refractivity contribution in [1.29, 1.82) is 0 Å². The Balaban J connectivity index is 2.16. The highest BCUT2D eigenvalue weighted by Crippen LogP contribution is 2.16. The average Bonchev–Trinajstić information content (AvgIpc) is 2.81.